The molecule has 0 saturated heterocycles. The van der Waals surface area contributed by atoms with Crippen LogP contribution < -0.4 is 4.74 Å². The molecule has 6 nitrogen and oxygen atoms in total. The Kier molecular flexibility index (Phi) is 7.54. The van der Waals surface area contributed by atoms with Crippen molar-refractivity contribution in [2.45, 2.75) is 24.4 Å². The van der Waals surface area contributed by atoms with Gasteiger partial charge in [0.05, 0.1) is 7.11 Å². The third kappa shape index (κ3) is 5.22. The Morgan fingerprint density at radius 3 is 2.31 bits per heavy atom. The molecular formula is C23H23N3O3. The summed E-state index contributed by atoms with van der Waals surface area (Å²) in [6, 6.07) is 21.1. The van der Waals surface area contributed by atoms with E-state index >= 15 is 0 Å². The first-order valence-electron chi connectivity index (χ1n) is 9.08. The number of nitrogens with zero attached hydrogens (tertiary/aromatic N) is 3. The van der Waals surface area contributed by atoms with Gasteiger partial charge in [-0.05, 0) is 36.7 Å². The molecule has 0 amide bonds. The summed E-state index contributed by atoms with van der Waals surface area (Å²) >= 11 is 0. The number of benzene rings is 2. The van der Waals surface area contributed by atoms with E-state index in [1.165, 1.54) is 6.08 Å². The fourth-order valence-corrected chi connectivity index (χ4v) is 3.29. The highest BCUT2D eigenvalue weighted by Gasteiger charge is 2.43. The van der Waals surface area contributed by atoms with Crippen molar-refractivity contribution in [3.05, 3.63) is 77.9 Å². The van der Waals surface area contributed by atoms with Crippen molar-refractivity contribution in [3.63, 3.8) is 0 Å². The minimum absolute atomic E-state index is 0.240. The topological polar surface area (TPSA) is 97.4 Å². The lowest BCUT2D eigenvalue weighted by molar-refractivity contribution is -0.131. The van der Waals surface area contributed by atoms with Gasteiger partial charge in [0.2, 0.25) is 5.54 Å². The minimum atomic E-state index is -1.48. The van der Waals surface area contributed by atoms with E-state index in [1.807, 2.05) is 54.6 Å². The van der Waals surface area contributed by atoms with Crippen LogP contribution in [0.2, 0.25) is 0 Å². The molecule has 1 atom stereocenters. The summed E-state index contributed by atoms with van der Waals surface area (Å²) in [5.74, 6) is -0.871. The SMILES string of the molecule is COc1ccc(CN(C)C(C#N)(C#N)C(C/C=C/C(=O)O)c2ccccc2)cc1. The molecule has 2 rings (SSSR count). The lowest BCUT2D eigenvalue weighted by Gasteiger charge is -2.37. The van der Waals surface area contributed by atoms with Gasteiger partial charge in [-0.3, -0.25) is 4.90 Å². The van der Waals surface area contributed by atoms with E-state index in [2.05, 4.69) is 12.1 Å². The van der Waals surface area contributed by atoms with E-state index in [0.717, 1.165) is 23.0 Å². The summed E-state index contributed by atoms with van der Waals surface area (Å²) in [6.45, 7) is 0.372. The summed E-state index contributed by atoms with van der Waals surface area (Å²) < 4.78 is 5.17. The molecule has 0 spiro atoms. The Labute approximate surface area is 170 Å². The minimum Gasteiger partial charge on any atom is -0.497 e. The van der Waals surface area contributed by atoms with E-state index in [1.54, 1.807) is 19.1 Å². The number of aliphatic carboxylic acids is 1. The van der Waals surface area contributed by atoms with Gasteiger partial charge in [-0.15, -0.1) is 0 Å². The van der Waals surface area contributed by atoms with Crippen molar-refractivity contribution in [2.24, 2.45) is 0 Å². The zero-order chi connectivity index (χ0) is 21.3. The third-order valence-corrected chi connectivity index (χ3v) is 4.86. The molecule has 0 aliphatic heterocycles. The van der Waals surface area contributed by atoms with Crippen LogP contribution >= 0.6 is 0 Å². The number of methoxy groups -OCH3 is 1. The van der Waals surface area contributed by atoms with Crippen LogP contribution in [-0.2, 0) is 11.3 Å². The van der Waals surface area contributed by atoms with Crippen molar-refractivity contribution in [2.75, 3.05) is 14.2 Å². The fraction of sp³-hybridized carbons (Fsp3) is 0.261. The molecule has 0 aliphatic carbocycles. The van der Waals surface area contributed by atoms with Crippen molar-refractivity contribution in [3.8, 4) is 17.9 Å². The van der Waals surface area contributed by atoms with Crippen LogP contribution in [0.1, 0.15) is 23.5 Å². The van der Waals surface area contributed by atoms with E-state index in [0.29, 0.717) is 6.54 Å². The second-order valence-electron chi connectivity index (χ2n) is 6.63. The van der Waals surface area contributed by atoms with E-state index < -0.39 is 17.4 Å². The molecule has 2 aromatic carbocycles. The van der Waals surface area contributed by atoms with Gasteiger partial charge in [0.1, 0.15) is 17.9 Å². The van der Waals surface area contributed by atoms with Crippen LogP contribution in [0, 0.1) is 22.7 Å². The van der Waals surface area contributed by atoms with Gasteiger partial charge in [-0.2, -0.15) is 10.5 Å². The molecule has 0 saturated carbocycles. The number of hydrogen-bond acceptors (Lipinski definition) is 5. The van der Waals surface area contributed by atoms with Crippen LogP contribution in [0.3, 0.4) is 0 Å². The average molecular weight is 389 g/mol. The maximum Gasteiger partial charge on any atom is 0.327 e. The molecule has 148 valence electrons. The number of likely N-dealkylation sites (N-methyl/N-ethyl adjacent to an activating group) is 1. The quantitative estimate of drug-likeness (QED) is 0.656. The van der Waals surface area contributed by atoms with Crippen LogP contribution in [0.5, 0.6) is 5.75 Å². The molecule has 29 heavy (non-hydrogen) atoms. The van der Waals surface area contributed by atoms with Gasteiger partial charge < -0.3 is 9.84 Å². The van der Waals surface area contributed by atoms with E-state index in [4.69, 9.17) is 9.84 Å². The van der Waals surface area contributed by atoms with Crippen LogP contribution in [0.4, 0.5) is 0 Å². The first-order valence-corrected chi connectivity index (χ1v) is 9.08. The van der Waals surface area contributed by atoms with Crippen LogP contribution in [0.15, 0.2) is 66.7 Å². The smallest absolute Gasteiger partial charge is 0.327 e. The largest absolute Gasteiger partial charge is 0.497 e. The predicted molar refractivity (Wildman–Crippen MR) is 109 cm³/mol. The molecule has 1 unspecified atom stereocenters. The summed E-state index contributed by atoms with van der Waals surface area (Å²) in [7, 11) is 3.32. The standard InChI is InChI=1S/C23H23N3O3/c1-26(15-18-11-13-20(29-2)14-12-18)23(16-24,17-25)21(9-6-10-22(27)28)19-7-4-3-5-8-19/h3-8,10-14,21H,9,15H2,1-2H3,(H,27,28)/b10-6+. The molecule has 0 fully saturated rings. The lowest BCUT2D eigenvalue weighted by atomic mass is 9.77. The van der Waals surface area contributed by atoms with Crippen molar-refractivity contribution in [1.82, 2.24) is 4.90 Å². The number of hydrogen-bond donors (Lipinski definition) is 1. The maximum absolute atomic E-state index is 10.9. The van der Waals surface area contributed by atoms with Crippen LogP contribution in [-0.4, -0.2) is 35.7 Å². The first kappa shape index (κ1) is 21.7. The summed E-state index contributed by atoms with van der Waals surface area (Å²) in [6.07, 6.45) is 2.77. The highest BCUT2D eigenvalue weighted by atomic mass is 16.5. The Bertz CT molecular complexity index is 911. The Morgan fingerprint density at radius 2 is 1.79 bits per heavy atom. The molecule has 0 radical (unpaired) electrons. The average Bonchev–Trinajstić information content (AvgIpc) is 2.74. The van der Waals surface area contributed by atoms with Gasteiger partial charge in [0.15, 0.2) is 0 Å². The highest BCUT2D eigenvalue weighted by Crippen LogP contribution is 2.36. The van der Waals surface area contributed by atoms with Crippen LogP contribution in [0.25, 0.3) is 0 Å². The molecule has 0 heterocycles. The highest BCUT2D eigenvalue weighted by molar-refractivity contribution is 5.79. The molecule has 0 bridgehead atoms. The zero-order valence-corrected chi connectivity index (χ0v) is 16.4. The Hall–Kier alpha value is -3.61. The number of allylic oxidation sites excluding steroid dienone is 1. The molecule has 1 N–H and O–H groups in total. The van der Waals surface area contributed by atoms with Gasteiger partial charge >= 0.3 is 5.97 Å². The predicted octanol–water partition coefficient (Wildman–Crippen LogP) is 3.73. The maximum atomic E-state index is 10.9. The molecule has 0 aliphatic rings. The molecule has 6 heteroatoms. The van der Waals surface area contributed by atoms with Gasteiger partial charge in [0, 0.05) is 18.5 Å². The Morgan fingerprint density at radius 1 is 1.17 bits per heavy atom. The fourth-order valence-electron chi connectivity index (χ4n) is 3.29. The number of carboxylic acid groups (broad SMARTS) is 1. The second-order valence-corrected chi connectivity index (χ2v) is 6.63. The Balaban J connectivity index is 2.41. The summed E-state index contributed by atoms with van der Waals surface area (Å²) in [4.78, 5) is 12.6. The lowest BCUT2D eigenvalue weighted by Crippen LogP contribution is -2.48. The molecular weight excluding hydrogens is 366 g/mol. The number of nitriles is 2. The van der Waals surface area contributed by atoms with E-state index in [9.17, 15) is 15.3 Å². The molecule has 2 aromatic rings. The van der Waals surface area contributed by atoms with Crippen molar-refractivity contribution in [1.29, 1.82) is 10.5 Å². The molecule has 0 aromatic heterocycles. The van der Waals surface area contributed by atoms with Gasteiger partial charge in [-0.25, -0.2) is 4.79 Å². The number of carboxylic acids is 1. The number of rotatable bonds is 9. The normalized spacial score (nSPS) is 12.3. The monoisotopic (exact) mass is 389 g/mol. The summed E-state index contributed by atoms with van der Waals surface area (Å²) in [5.41, 5.74) is 0.243. The number of carbonyl (C=O) groups is 1. The summed E-state index contributed by atoms with van der Waals surface area (Å²) in [5, 5.41) is 29.1. The number of ether oxygens (including phenoxy) is 1. The van der Waals surface area contributed by atoms with Gasteiger partial charge in [0.25, 0.3) is 0 Å². The third-order valence-electron chi connectivity index (χ3n) is 4.86. The van der Waals surface area contributed by atoms with E-state index in [-0.39, 0.29) is 6.42 Å². The van der Waals surface area contributed by atoms with Gasteiger partial charge in [-0.1, -0.05) is 48.5 Å². The second kappa shape index (κ2) is 10.1. The zero-order valence-electron chi connectivity index (χ0n) is 16.4. The van der Waals surface area contributed by atoms with Crippen molar-refractivity contribution >= 4 is 5.97 Å². The van der Waals surface area contributed by atoms with Crippen molar-refractivity contribution < 1.29 is 14.6 Å². The first-order chi connectivity index (χ1) is 14.0.